The van der Waals surface area contributed by atoms with Crippen LogP contribution in [0.25, 0.3) is 0 Å². The van der Waals surface area contributed by atoms with E-state index in [9.17, 15) is 9.90 Å². The molecule has 0 spiro atoms. The molecule has 0 radical (unpaired) electrons. The molecule has 21 heavy (non-hydrogen) atoms. The van der Waals surface area contributed by atoms with Crippen molar-refractivity contribution in [1.29, 1.82) is 0 Å². The van der Waals surface area contributed by atoms with Crippen molar-refractivity contribution in [2.45, 2.75) is 45.3 Å². The van der Waals surface area contributed by atoms with Crippen LogP contribution in [0, 0.1) is 0 Å². The second-order valence-corrected chi connectivity index (χ2v) is 5.84. The summed E-state index contributed by atoms with van der Waals surface area (Å²) >= 11 is 0. The highest BCUT2D eigenvalue weighted by atomic mass is 16.3. The van der Waals surface area contributed by atoms with Gasteiger partial charge in [0.05, 0.1) is 6.10 Å². The van der Waals surface area contributed by atoms with Gasteiger partial charge in [-0.25, -0.2) is 0 Å². The summed E-state index contributed by atoms with van der Waals surface area (Å²) in [5, 5.41) is 12.5. The van der Waals surface area contributed by atoms with E-state index in [1.165, 1.54) is 18.4 Å². The van der Waals surface area contributed by atoms with Crippen LogP contribution in [0.3, 0.4) is 0 Å². The van der Waals surface area contributed by atoms with Crippen LogP contribution in [0.1, 0.15) is 48.5 Å². The fourth-order valence-electron chi connectivity index (χ4n) is 2.76. The van der Waals surface area contributed by atoms with Gasteiger partial charge in [-0.05, 0) is 50.0 Å². The predicted molar refractivity (Wildman–Crippen MR) is 84.2 cm³/mol. The molecule has 1 aliphatic rings. The Labute approximate surface area is 127 Å². The van der Waals surface area contributed by atoms with Crippen molar-refractivity contribution in [3.8, 4) is 0 Å². The molecule has 1 atom stereocenters. The standard InChI is InChI=1S/C17H26N2O2/c1-2-6-16(20)12-18-17(21)15-8-5-7-14(11-15)13-19-9-3-4-10-19/h5,7-8,11,16,20H,2-4,6,9-10,12-13H2,1H3,(H,18,21). The highest BCUT2D eigenvalue weighted by molar-refractivity contribution is 5.94. The summed E-state index contributed by atoms with van der Waals surface area (Å²) in [6.07, 6.45) is 3.73. The summed E-state index contributed by atoms with van der Waals surface area (Å²) in [4.78, 5) is 14.5. The molecule has 1 unspecified atom stereocenters. The Hall–Kier alpha value is -1.39. The minimum absolute atomic E-state index is 0.103. The van der Waals surface area contributed by atoms with Crippen LogP contribution < -0.4 is 5.32 Å². The zero-order chi connectivity index (χ0) is 15.1. The van der Waals surface area contributed by atoms with E-state index >= 15 is 0 Å². The van der Waals surface area contributed by atoms with Gasteiger partial charge in [-0.3, -0.25) is 9.69 Å². The van der Waals surface area contributed by atoms with Gasteiger partial charge in [-0.15, -0.1) is 0 Å². The van der Waals surface area contributed by atoms with Gasteiger partial charge in [0.1, 0.15) is 0 Å². The molecule has 1 aromatic carbocycles. The minimum Gasteiger partial charge on any atom is -0.391 e. The Morgan fingerprint density at radius 3 is 2.86 bits per heavy atom. The summed E-state index contributed by atoms with van der Waals surface area (Å²) in [7, 11) is 0. The molecule has 4 nitrogen and oxygen atoms in total. The van der Waals surface area contributed by atoms with Crippen LogP contribution >= 0.6 is 0 Å². The molecule has 0 aliphatic carbocycles. The smallest absolute Gasteiger partial charge is 0.251 e. The van der Waals surface area contributed by atoms with Crippen molar-refractivity contribution in [3.05, 3.63) is 35.4 Å². The van der Waals surface area contributed by atoms with Crippen LogP contribution in [-0.2, 0) is 6.54 Å². The molecule has 0 aromatic heterocycles. The van der Waals surface area contributed by atoms with Gasteiger partial charge in [0.2, 0.25) is 0 Å². The molecule has 4 heteroatoms. The highest BCUT2D eigenvalue weighted by Gasteiger charge is 2.13. The van der Waals surface area contributed by atoms with Crippen LogP contribution in [0.15, 0.2) is 24.3 Å². The number of hydrogen-bond acceptors (Lipinski definition) is 3. The molecule has 1 aromatic rings. The third-order valence-corrected chi connectivity index (χ3v) is 3.91. The minimum atomic E-state index is -0.452. The lowest BCUT2D eigenvalue weighted by Crippen LogP contribution is -2.32. The number of likely N-dealkylation sites (tertiary alicyclic amines) is 1. The summed E-state index contributed by atoms with van der Waals surface area (Å²) < 4.78 is 0. The van der Waals surface area contributed by atoms with E-state index in [0.717, 1.165) is 32.5 Å². The second-order valence-electron chi connectivity index (χ2n) is 5.84. The van der Waals surface area contributed by atoms with Crippen LogP contribution in [-0.4, -0.2) is 41.7 Å². The van der Waals surface area contributed by atoms with E-state index in [1.807, 2.05) is 25.1 Å². The summed E-state index contributed by atoms with van der Waals surface area (Å²) in [6.45, 7) is 5.56. The molecular formula is C17H26N2O2. The molecule has 0 bridgehead atoms. The molecule has 1 aliphatic heterocycles. The zero-order valence-electron chi connectivity index (χ0n) is 12.8. The van der Waals surface area contributed by atoms with Gasteiger partial charge >= 0.3 is 0 Å². The van der Waals surface area contributed by atoms with Crippen molar-refractivity contribution in [3.63, 3.8) is 0 Å². The van der Waals surface area contributed by atoms with Crippen LogP contribution in [0.2, 0.25) is 0 Å². The van der Waals surface area contributed by atoms with Crippen LogP contribution in [0.4, 0.5) is 0 Å². The van der Waals surface area contributed by atoms with E-state index in [0.29, 0.717) is 12.1 Å². The maximum atomic E-state index is 12.1. The first-order valence-electron chi connectivity index (χ1n) is 7.96. The maximum Gasteiger partial charge on any atom is 0.251 e. The number of carbonyl (C=O) groups is 1. The average Bonchev–Trinajstić information content (AvgIpc) is 2.98. The van der Waals surface area contributed by atoms with E-state index in [1.54, 1.807) is 0 Å². The lowest BCUT2D eigenvalue weighted by Gasteiger charge is -2.15. The molecule has 2 rings (SSSR count). The first-order valence-corrected chi connectivity index (χ1v) is 7.96. The SMILES string of the molecule is CCCC(O)CNC(=O)c1cccc(CN2CCCC2)c1. The topological polar surface area (TPSA) is 52.6 Å². The molecular weight excluding hydrogens is 264 g/mol. The van der Waals surface area contributed by atoms with E-state index in [2.05, 4.69) is 16.3 Å². The Morgan fingerprint density at radius 2 is 2.14 bits per heavy atom. The van der Waals surface area contributed by atoms with Gasteiger partial charge in [0, 0.05) is 18.7 Å². The number of hydrogen-bond donors (Lipinski definition) is 2. The van der Waals surface area contributed by atoms with Crippen molar-refractivity contribution in [1.82, 2.24) is 10.2 Å². The monoisotopic (exact) mass is 290 g/mol. The largest absolute Gasteiger partial charge is 0.391 e. The Morgan fingerprint density at radius 1 is 1.38 bits per heavy atom. The number of aliphatic hydroxyl groups excluding tert-OH is 1. The number of carbonyl (C=O) groups excluding carboxylic acids is 1. The Kier molecular flexibility index (Phi) is 6.21. The Bertz CT molecular complexity index is 456. The third-order valence-electron chi connectivity index (χ3n) is 3.91. The lowest BCUT2D eigenvalue weighted by molar-refractivity contribution is 0.0910. The number of nitrogens with zero attached hydrogens (tertiary/aromatic N) is 1. The lowest BCUT2D eigenvalue weighted by atomic mass is 10.1. The molecule has 1 saturated heterocycles. The van der Waals surface area contributed by atoms with Crippen molar-refractivity contribution < 1.29 is 9.90 Å². The van der Waals surface area contributed by atoms with E-state index in [4.69, 9.17) is 0 Å². The molecule has 1 fully saturated rings. The molecule has 2 N–H and O–H groups in total. The van der Waals surface area contributed by atoms with Gasteiger partial charge in [0.15, 0.2) is 0 Å². The summed E-state index contributed by atoms with van der Waals surface area (Å²) in [5.41, 5.74) is 1.86. The predicted octanol–water partition coefficient (Wildman–Crippen LogP) is 2.17. The van der Waals surface area contributed by atoms with E-state index < -0.39 is 6.10 Å². The number of rotatable bonds is 7. The Balaban J connectivity index is 1.88. The summed E-state index contributed by atoms with van der Waals surface area (Å²) in [6, 6.07) is 7.79. The average molecular weight is 290 g/mol. The molecule has 1 heterocycles. The third kappa shape index (κ3) is 5.14. The zero-order valence-corrected chi connectivity index (χ0v) is 12.8. The van der Waals surface area contributed by atoms with Crippen molar-refractivity contribution >= 4 is 5.91 Å². The highest BCUT2D eigenvalue weighted by Crippen LogP contribution is 2.13. The van der Waals surface area contributed by atoms with E-state index in [-0.39, 0.29) is 5.91 Å². The fraction of sp³-hybridized carbons (Fsp3) is 0.588. The van der Waals surface area contributed by atoms with Gasteiger partial charge in [-0.2, -0.15) is 0 Å². The normalized spacial score (nSPS) is 16.9. The van der Waals surface area contributed by atoms with Gasteiger partial charge in [-0.1, -0.05) is 25.5 Å². The number of nitrogens with one attached hydrogen (secondary N) is 1. The van der Waals surface area contributed by atoms with Crippen LogP contribution in [0.5, 0.6) is 0 Å². The van der Waals surface area contributed by atoms with Gasteiger partial charge < -0.3 is 10.4 Å². The first-order chi connectivity index (χ1) is 10.2. The van der Waals surface area contributed by atoms with Gasteiger partial charge in [0.25, 0.3) is 5.91 Å². The fourth-order valence-corrected chi connectivity index (χ4v) is 2.76. The number of aliphatic hydroxyl groups is 1. The first kappa shape index (κ1) is 16.0. The quantitative estimate of drug-likeness (QED) is 0.809. The second kappa shape index (κ2) is 8.15. The maximum absolute atomic E-state index is 12.1. The van der Waals surface area contributed by atoms with Crippen molar-refractivity contribution in [2.24, 2.45) is 0 Å². The van der Waals surface area contributed by atoms with Crippen molar-refractivity contribution in [2.75, 3.05) is 19.6 Å². The number of benzene rings is 1. The molecule has 0 saturated carbocycles. The number of amides is 1. The summed E-state index contributed by atoms with van der Waals surface area (Å²) in [5.74, 6) is -0.103. The molecule has 1 amide bonds. The molecule has 116 valence electrons.